The van der Waals surface area contributed by atoms with Crippen LogP contribution in [-0.4, -0.2) is 42.0 Å². The van der Waals surface area contributed by atoms with E-state index in [1.165, 1.54) is 0 Å². The molecule has 1 fully saturated rings. The predicted octanol–water partition coefficient (Wildman–Crippen LogP) is 4.34. The van der Waals surface area contributed by atoms with Crippen LogP contribution < -0.4 is 10.6 Å². The molecule has 2 heterocycles. The van der Waals surface area contributed by atoms with Crippen molar-refractivity contribution in [1.82, 2.24) is 9.88 Å². The van der Waals surface area contributed by atoms with Gasteiger partial charge in [-0.2, -0.15) is 0 Å². The first-order valence-electron chi connectivity index (χ1n) is 8.10. The highest BCUT2D eigenvalue weighted by Crippen LogP contribution is 2.18. The molecule has 0 aliphatic carbocycles. The molecule has 142 valence electrons. The molecule has 0 atom stereocenters. The Balaban J connectivity index is 0.00000169. The van der Waals surface area contributed by atoms with E-state index in [2.05, 4.69) is 27.6 Å². The Morgan fingerprint density at radius 2 is 1.73 bits per heavy atom. The predicted molar refractivity (Wildman–Crippen MR) is 112 cm³/mol. The number of halogens is 3. The SMILES string of the molecule is CN1CCC(Nc2cccc(NC(=O)c3ccccc3Cl)n2)CC1.Cl.Cl. The first kappa shape index (κ1) is 22.5. The van der Waals surface area contributed by atoms with Gasteiger partial charge in [0.2, 0.25) is 0 Å². The standard InChI is InChI=1S/C18H21ClN4O.2ClH/c1-23-11-9-13(10-12-23)20-16-7-4-8-17(21-16)22-18(24)14-5-2-3-6-15(14)19;;/h2-8,13H,9-12H2,1H3,(H2,20,21,22,24);2*1H. The quantitative estimate of drug-likeness (QED) is 0.777. The zero-order valence-corrected chi connectivity index (χ0v) is 16.8. The fourth-order valence-electron chi connectivity index (χ4n) is 2.78. The van der Waals surface area contributed by atoms with Gasteiger partial charge in [0, 0.05) is 6.04 Å². The fraction of sp³-hybridized carbons (Fsp3) is 0.333. The molecular weight excluding hydrogens is 395 g/mol. The van der Waals surface area contributed by atoms with Crippen molar-refractivity contribution in [3.05, 3.63) is 53.1 Å². The van der Waals surface area contributed by atoms with Gasteiger partial charge in [0.15, 0.2) is 0 Å². The van der Waals surface area contributed by atoms with Gasteiger partial charge in [-0.05, 0) is 57.2 Å². The summed E-state index contributed by atoms with van der Waals surface area (Å²) in [5.41, 5.74) is 0.439. The molecule has 0 saturated carbocycles. The molecule has 5 nitrogen and oxygen atoms in total. The van der Waals surface area contributed by atoms with Crippen molar-refractivity contribution < 1.29 is 4.79 Å². The molecule has 0 bridgehead atoms. The summed E-state index contributed by atoms with van der Waals surface area (Å²) in [5, 5.41) is 6.68. The van der Waals surface area contributed by atoms with Gasteiger partial charge < -0.3 is 15.5 Å². The van der Waals surface area contributed by atoms with Crippen LogP contribution in [0.15, 0.2) is 42.5 Å². The highest BCUT2D eigenvalue weighted by atomic mass is 35.5. The number of hydrogen-bond acceptors (Lipinski definition) is 4. The summed E-state index contributed by atoms with van der Waals surface area (Å²) in [7, 11) is 2.14. The third kappa shape index (κ3) is 6.02. The lowest BCUT2D eigenvalue weighted by Gasteiger charge is -2.29. The maximum Gasteiger partial charge on any atom is 0.258 e. The van der Waals surface area contributed by atoms with Gasteiger partial charge in [-0.15, -0.1) is 24.8 Å². The highest BCUT2D eigenvalue weighted by Gasteiger charge is 2.17. The van der Waals surface area contributed by atoms with Gasteiger partial charge in [0.25, 0.3) is 5.91 Å². The Hall–Kier alpha value is -1.53. The molecule has 1 aromatic carbocycles. The number of likely N-dealkylation sites (tertiary alicyclic amines) is 1. The molecule has 0 spiro atoms. The van der Waals surface area contributed by atoms with E-state index in [1.54, 1.807) is 30.3 Å². The zero-order valence-electron chi connectivity index (χ0n) is 14.4. The number of aromatic nitrogens is 1. The number of rotatable bonds is 4. The minimum Gasteiger partial charge on any atom is -0.367 e. The van der Waals surface area contributed by atoms with Crippen molar-refractivity contribution >= 4 is 54.0 Å². The number of anilines is 2. The van der Waals surface area contributed by atoms with Crippen LogP contribution in [0.2, 0.25) is 5.02 Å². The number of carbonyl (C=O) groups is 1. The lowest BCUT2D eigenvalue weighted by molar-refractivity contribution is 0.102. The number of carbonyl (C=O) groups excluding carboxylic acids is 1. The normalized spacial score (nSPS) is 14.7. The van der Waals surface area contributed by atoms with Gasteiger partial charge in [-0.25, -0.2) is 4.98 Å². The Morgan fingerprint density at radius 3 is 2.42 bits per heavy atom. The van der Waals surface area contributed by atoms with Crippen LogP contribution >= 0.6 is 36.4 Å². The third-order valence-corrected chi connectivity index (χ3v) is 4.51. The molecule has 26 heavy (non-hydrogen) atoms. The van der Waals surface area contributed by atoms with E-state index >= 15 is 0 Å². The van der Waals surface area contributed by atoms with Gasteiger partial charge in [0.1, 0.15) is 11.6 Å². The second-order valence-electron chi connectivity index (χ2n) is 6.06. The molecule has 2 aromatic rings. The number of piperidine rings is 1. The molecule has 2 N–H and O–H groups in total. The summed E-state index contributed by atoms with van der Waals surface area (Å²) in [5.74, 6) is 1.03. The van der Waals surface area contributed by atoms with E-state index in [4.69, 9.17) is 11.6 Å². The first-order valence-corrected chi connectivity index (χ1v) is 8.47. The first-order chi connectivity index (χ1) is 11.6. The van der Waals surface area contributed by atoms with Crippen LogP contribution in [0.25, 0.3) is 0 Å². The van der Waals surface area contributed by atoms with E-state index in [9.17, 15) is 4.79 Å². The van der Waals surface area contributed by atoms with Gasteiger partial charge in [0.05, 0.1) is 10.6 Å². The molecule has 8 heteroatoms. The number of pyridine rings is 1. The fourth-order valence-corrected chi connectivity index (χ4v) is 3.00. The molecular formula is C18H23Cl3N4O. The molecule has 1 aromatic heterocycles. The summed E-state index contributed by atoms with van der Waals surface area (Å²) in [6.45, 7) is 2.17. The van der Waals surface area contributed by atoms with Crippen LogP contribution in [0.4, 0.5) is 11.6 Å². The van der Waals surface area contributed by atoms with Crippen LogP contribution in [0.1, 0.15) is 23.2 Å². The maximum absolute atomic E-state index is 12.3. The number of nitrogens with zero attached hydrogens (tertiary/aromatic N) is 2. The van der Waals surface area contributed by atoms with E-state index in [0.29, 0.717) is 22.4 Å². The topological polar surface area (TPSA) is 57.3 Å². The molecule has 0 radical (unpaired) electrons. The Morgan fingerprint density at radius 1 is 1.08 bits per heavy atom. The Labute approximate surface area is 171 Å². The van der Waals surface area contributed by atoms with Crippen molar-refractivity contribution in [1.29, 1.82) is 0 Å². The summed E-state index contributed by atoms with van der Waals surface area (Å²) in [4.78, 5) is 19.1. The van der Waals surface area contributed by atoms with Crippen molar-refractivity contribution in [3.8, 4) is 0 Å². The molecule has 3 rings (SSSR count). The number of nitrogens with one attached hydrogen (secondary N) is 2. The molecule has 1 aliphatic rings. The van der Waals surface area contributed by atoms with E-state index in [0.717, 1.165) is 31.7 Å². The van der Waals surface area contributed by atoms with Crippen LogP contribution in [-0.2, 0) is 0 Å². The number of amides is 1. The lowest BCUT2D eigenvalue weighted by atomic mass is 10.1. The monoisotopic (exact) mass is 416 g/mol. The molecule has 1 saturated heterocycles. The average Bonchev–Trinajstić information content (AvgIpc) is 2.58. The average molecular weight is 418 g/mol. The molecule has 1 amide bonds. The van der Waals surface area contributed by atoms with Crippen molar-refractivity contribution in [3.63, 3.8) is 0 Å². The van der Waals surface area contributed by atoms with E-state index < -0.39 is 0 Å². The van der Waals surface area contributed by atoms with Crippen molar-refractivity contribution in [2.45, 2.75) is 18.9 Å². The van der Waals surface area contributed by atoms with Crippen molar-refractivity contribution in [2.75, 3.05) is 30.8 Å². The van der Waals surface area contributed by atoms with E-state index in [1.807, 2.05) is 12.1 Å². The lowest BCUT2D eigenvalue weighted by Crippen LogP contribution is -2.36. The maximum atomic E-state index is 12.3. The second-order valence-corrected chi connectivity index (χ2v) is 6.47. The Bertz CT molecular complexity index is 721. The largest absolute Gasteiger partial charge is 0.367 e. The van der Waals surface area contributed by atoms with E-state index in [-0.39, 0.29) is 30.7 Å². The van der Waals surface area contributed by atoms with Gasteiger partial charge in [-0.3, -0.25) is 4.79 Å². The van der Waals surface area contributed by atoms with Crippen molar-refractivity contribution in [2.24, 2.45) is 0 Å². The molecule has 1 aliphatic heterocycles. The van der Waals surface area contributed by atoms with Gasteiger partial charge >= 0.3 is 0 Å². The van der Waals surface area contributed by atoms with Crippen LogP contribution in [0.5, 0.6) is 0 Å². The molecule has 0 unspecified atom stereocenters. The van der Waals surface area contributed by atoms with Crippen LogP contribution in [0.3, 0.4) is 0 Å². The number of benzene rings is 1. The minimum atomic E-state index is -0.260. The zero-order chi connectivity index (χ0) is 16.9. The Kier molecular flexibility index (Phi) is 9.16. The second kappa shape index (κ2) is 10.6. The number of hydrogen-bond donors (Lipinski definition) is 2. The summed E-state index contributed by atoms with van der Waals surface area (Å²) < 4.78 is 0. The smallest absolute Gasteiger partial charge is 0.258 e. The van der Waals surface area contributed by atoms with Gasteiger partial charge in [-0.1, -0.05) is 29.8 Å². The summed E-state index contributed by atoms with van der Waals surface area (Å²) >= 11 is 6.06. The third-order valence-electron chi connectivity index (χ3n) is 4.18. The summed E-state index contributed by atoms with van der Waals surface area (Å²) in [6, 6.07) is 13.0. The van der Waals surface area contributed by atoms with Crippen LogP contribution in [0, 0.1) is 0 Å². The minimum absolute atomic E-state index is 0. The summed E-state index contributed by atoms with van der Waals surface area (Å²) in [6.07, 6.45) is 2.18. The highest BCUT2D eigenvalue weighted by molar-refractivity contribution is 6.34.